The summed E-state index contributed by atoms with van der Waals surface area (Å²) in [6.45, 7) is 28.4. The first-order valence-electron chi connectivity index (χ1n) is 19.3. The molecule has 0 atom stereocenters. The van der Waals surface area contributed by atoms with Crippen LogP contribution in [0.2, 0.25) is 0 Å². The van der Waals surface area contributed by atoms with Crippen LogP contribution in [0.25, 0.3) is 0 Å². The third kappa shape index (κ3) is 19.1. The van der Waals surface area contributed by atoms with Gasteiger partial charge in [-0.15, -0.1) is 0 Å². The molecule has 3 aliphatic rings. The van der Waals surface area contributed by atoms with Crippen LogP contribution in [0.4, 0.5) is 0 Å². The lowest BCUT2D eigenvalue weighted by molar-refractivity contribution is 0.205. The van der Waals surface area contributed by atoms with E-state index in [0.717, 1.165) is 71.0 Å². The molecular formula is C41H82. The van der Waals surface area contributed by atoms with Gasteiger partial charge in [-0.2, -0.15) is 0 Å². The molecule has 3 fully saturated rings. The van der Waals surface area contributed by atoms with Gasteiger partial charge in [-0.25, -0.2) is 0 Å². The Balaban J connectivity index is 0.000000308. The van der Waals surface area contributed by atoms with Crippen LogP contribution in [0.5, 0.6) is 0 Å². The number of hydrogen-bond acceptors (Lipinski definition) is 0. The number of rotatable bonds is 11. The molecule has 0 aromatic rings. The second-order valence-electron chi connectivity index (χ2n) is 17.8. The van der Waals surface area contributed by atoms with Crippen LogP contribution in [-0.4, -0.2) is 0 Å². The lowest BCUT2D eigenvalue weighted by atomic mass is 9.75. The van der Waals surface area contributed by atoms with Crippen LogP contribution >= 0.6 is 0 Å². The molecule has 0 aromatic heterocycles. The molecule has 0 unspecified atom stereocenters. The van der Waals surface area contributed by atoms with Gasteiger partial charge in [0, 0.05) is 0 Å². The molecule has 41 heavy (non-hydrogen) atoms. The normalized spacial score (nSPS) is 29.1. The predicted octanol–water partition coefficient (Wildman–Crippen LogP) is 14.3. The zero-order valence-corrected chi connectivity index (χ0v) is 30.9. The average molecular weight is 575 g/mol. The van der Waals surface area contributed by atoms with Crippen molar-refractivity contribution in [2.24, 2.45) is 71.0 Å². The summed E-state index contributed by atoms with van der Waals surface area (Å²) >= 11 is 0. The molecule has 0 heterocycles. The van der Waals surface area contributed by atoms with Gasteiger partial charge in [-0.3, -0.25) is 0 Å². The monoisotopic (exact) mass is 575 g/mol. The highest BCUT2D eigenvalue weighted by atomic mass is 14.3. The Kier molecular flexibility index (Phi) is 20.6. The quantitative estimate of drug-likeness (QED) is 0.230. The van der Waals surface area contributed by atoms with E-state index in [9.17, 15) is 0 Å². The van der Waals surface area contributed by atoms with Crippen molar-refractivity contribution in [3.05, 3.63) is 0 Å². The zero-order valence-electron chi connectivity index (χ0n) is 30.9. The van der Waals surface area contributed by atoms with Gasteiger partial charge in [0.05, 0.1) is 0 Å². The van der Waals surface area contributed by atoms with Crippen molar-refractivity contribution in [3.63, 3.8) is 0 Å². The summed E-state index contributed by atoms with van der Waals surface area (Å²) < 4.78 is 0. The van der Waals surface area contributed by atoms with Gasteiger partial charge in [0.25, 0.3) is 0 Å². The molecule has 0 aliphatic heterocycles. The summed E-state index contributed by atoms with van der Waals surface area (Å²) in [5.74, 6) is 11.7. The van der Waals surface area contributed by atoms with Gasteiger partial charge >= 0.3 is 0 Å². The van der Waals surface area contributed by atoms with E-state index in [2.05, 4.69) is 83.1 Å². The van der Waals surface area contributed by atoms with Gasteiger partial charge in [-0.05, 0) is 116 Å². The second kappa shape index (κ2) is 21.7. The van der Waals surface area contributed by atoms with Gasteiger partial charge < -0.3 is 0 Å². The van der Waals surface area contributed by atoms with E-state index in [1.807, 2.05) is 0 Å². The maximum Gasteiger partial charge on any atom is -0.0391 e. The molecule has 0 radical (unpaired) electrons. The first-order chi connectivity index (χ1) is 19.3. The maximum absolute atomic E-state index is 2.39. The van der Waals surface area contributed by atoms with E-state index in [1.165, 1.54) is 109 Å². The molecule has 3 saturated carbocycles. The highest BCUT2D eigenvalue weighted by Gasteiger charge is 2.24. The van der Waals surface area contributed by atoms with Crippen LogP contribution in [0.15, 0.2) is 0 Å². The van der Waals surface area contributed by atoms with Crippen molar-refractivity contribution >= 4 is 0 Å². The Labute approximate surface area is 262 Å². The van der Waals surface area contributed by atoms with Crippen molar-refractivity contribution in [1.82, 2.24) is 0 Å². The standard InChI is InChI=1S/2C14H28.C13H26/c1-11(2)9-13-5-7-14(8-6-13)10-12(3)4;1-11(2)5-6-13-7-9-14(10-8-13)12(3)4;1-10(2)9-12-5-7-13(8-6-12)11(3)4/h2*11-14H,5-10H2,1-4H3;10-13H,5-9H2,1-4H3. The zero-order chi connectivity index (χ0) is 30.9. The van der Waals surface area contributed by atoms with E-state index in [1.54, 1.807) is 0 Å². The van der Waals surface area contributed by atoms with E-state index in [-0.39, 0.29) is 0 Å². The maximum atomic E-state index is 2.39. The molecule has 3 rings (SSSR count). The van der Waals surface area contributed by atoms with Crippen LogP contribution in [-0.2, 0) is 0 Å². The third-order valence-electron chi connectivity index (χ3n) is 11.2. The molecule has 0 N–H and O–H groups in total. The lowest BCUT2D eigenvalue weighted by Gasteiger charge is -2.31. The topological polar surface area (TPSA) is 0 Å². The molecule has 0 bridgehead atoms. The Morgan fingerprint density at radius 2 is 0.610 bits per heavy atom. The molecule has 0 aromatic carbocycles. The van der Waals surface area contributed by atoms with Crippen molar-refractivity contribution in [3.8, 4) is 0 Å². The highest BCUT2D eigenvalue weighted by Crippen LogP contribution is 2.37. The SMILES string of the molecule is CC(C)CC1CCC(C(C)C)CC1.CC(C)CC1CCC(CC(C)C)CC1.CC(C)CCC1CCC(C(C)C)CC1. The van der Waals surface area contributed by atoms with E-state index in [4.69, 9.17) is 0 Å². The van der Waals surface area contributed by atoms with Crippen LogP contribution < -0.4 is 0 Å². The minimum Gasteiger partial charge on any atom is -0.0628 e. The molecule has 0 spiro atoms. The summed E-state index contributed by atoms with van der Waals surface area (Å²) in [5.41, 5.74) is 0. The molecule has 3 aliphatic carbocycles. The first kappa shape index (κ1) is 39.0. The second-order valence-corrected chi connectivity index (χ2v) is 17.8. The molecule has 0 heteroatoms. The van der Waals surface area contributed by atoms with E-state index in [0.29, 0.717) is 0 Å². The van der Waals surface area contributed by atoms with Crippen molar-refractivity contribution < 1.29 is 0 Å². The highest BCUT2D eigenvalue weighted by molar-refractivity contribution is 4.76. The molecule has 246 valence electrons. The summed E-state index contributed by atoms with van der Waals surface area (Å²) in [6.07, 6.45) is 25.4. The smallest absolute Gasteiger partial charge is 0.0391 e. The molecule has 0 saturated heterocycles. The minimum absolute atomic E-state index is 0.901. The number of hydrogen-bond donors (Lipinski definition) is 0. The van der Waals surface area contributed by atoms with Crippen molar-refractivity contribution in [2.75, 3.05) is 0 Å². The first-order valence-corrected chi connectivity index (χ1v) is 19.3. The van der Waals surface area contributed by atoms with Gasteiger partial charge in [0.1, 0.15) is 0 Å². The Hall–Kier alpha value is 0. The van der Waals surface area contributed by atoms with Gasteiger partial charge in [0.15, 0.2) is 0 Å². The fourth-order valence-electron chi connectivity index (χ4n) is 8.51. The third-order valence-corrected chi connectivity index (χ3v) is 11.2. The summed E-state index contributed by atoms with van der Waals surface area (Å²) in [5, 5.41) is 0. The van der Waals surface area contributed by atoms with E-state index < -0.39 is 0 Å². The minimum atomic E-state index is 0.901. The fraction of sp³-hybridized carbons (Fsp3) is 1.00. The fourth-order valence-corrected chi connectivity index (χ4v) is 8.51. The Bertz CT molecular complexity index is 553. The molecule has 0 amide bonds. The summed E-state index contributed by atoms with van der Waals surface area (Å²) in [6, 6.07) is 0. The van der Waals surface area contributed by atoms with Crippen molar-refractivity contribution in [2.45, 2.75) is 192 Å². The molecule has 0 nitrogen and oxygen atoms in total. The Morgan fingerprint density at radius 3 is 0.854 bits per heavy atom. The largest absolute Gasteiger partial charge is 0.0628 e. The van der Waals surface area contributed by atoms with Crippen LogP contribution in [0.1, 0.15) is 192 Å². The van der Waals surface area contributed by atoms with Crippen LogP contribution in [0, 0.1) is 71.0 Å². The van der Waals surface area contributed by atoms with E-state index >= 15 is 0 Å². The van der Waals surface area contributed by atoms with Gasteiger partial charge in [0.2, 0.25) is 0 Å². The Morgan fingerprint density at radius 1 is 0.341 bits per heavy atom. The molecular weight excluding hydrogens is 492 g/mol. The lowest BCUT2D eigenvalue weighted by Crippen LogP contribution is -2.19. The summed E-state index contributed by atoms with van der Waals surface area (Å²) in [4.78, 5) is 0. The van der Waals surface area contributed by atoms with Gasteiger partial charge in [-0.1, -0.05) is 147 Å². The van der Waals surface area contributed by atoms with Crippen LogP contribution in [0.3, 0.4) is 0 Å². The predicted molar refractivity (Wildman–Crippen MR) is 188 cm³/mol. The van der Waals surface area contributed by atoms with Crippen molar-refractivity contribution in [1.29, 1.82) is 0 Å². The summed E-state index contributed by atoms with van der Waals surface area (Å²) in [7, 11) is 0. The average Bonchev–Trinajstić information content (AvgIpc) is 2.89.